The van der Waals surface area contributed by atoms with Gasteiger partial charge >= 0.3 is 6.18 Å². The molecule has 2 aromatic carbocycles. The maximum Gasteiger partial charge on any atom is 0.416 e. The third kappa shape index (κ3) is 2.40. The Morgan fingerprint density at radius 1 is 0.952 bits per heavy atom. The molecule has 0 fully saturated rings. The molecule has 0 radical (unpaired) electrons. The minimum atomic E-state index is -4.40. The molecule has 0 aliphatic heterocycles. The van der Waals surface area contributed by atoms with Gasteiger partial charge in [-0.3, -0.25) is 9.36 Å². The summed E-state index contributed by atoms with van der Waals surface area (Å²) in [6, 6.07) is 11.4. The molecular weight excluding hydrogens is 281 g/mol. The molecule has 0 N–H and O–H groups in total. The Balaban J connectivity index is 2.21. The van der Waals surface area contributed by atoms with Crippen molar-refractivity contribution in [3.8, 4) is 5.69 Å². The fourth-order valence-electron chi connectivity index (χ4n) is 2.13. The third-order valence-electron chi connectivity index (χ3n) is 3.11. The molecule has 21 heavy (non-hydrogen) atoms. The van der Waals surface area contributed by atoms with Gasteiger partial charge in [-0.15, -0.1) is 0 Å². The van der Waals surface area contributed by atoms with Gasteiger partial charge in [-0.2, -0.15) is 13.2 Å². The van der Waals surface area contributed by atoms with Gasteiger partial charge in [-0.1, -0.05) is 12.1 Å². The van der Waals surface area contributed by atoms with E-state index in [9.17, 15) is 18.0 Å². The van der Waals surface area contributed by atoms with Crippen LogP contribution in [0.2, 0.25) is 0 Å². The van der Waals surface area contributed by atoms with E-state index in [0.29, 0.717) is 16.7 Å². The maximum atomic E-state index is 12.6. The van der Waals surface area contributed by atoms with Crippen LogP contribution in [0.5, 0.6) is 0 Å². The molecule has 0 saturated heterocycles. The zero-order chi connectivity index (χ0) is 15.0. The van der Waals surface area contributed by atoms with Crippen molar-refractivity contribution >= 4 is 11.0 Å². The molecule has 3 rings (SSSR count). The van der Waals surface area contributed by atoms with Crippen molar-refractivity contribution in [1.29, 1.82) is 0 Å². The molecule has 0 aliphatic rings. The van der Waals surface area contributed by atoms with Crippen molar-refractivity contribution in [1.82, 2.24) is 9.55 Å². The fourth-order valence-corrected chi connectivity index (χ4v) is 2.13. The second-order valence-electron chi connectivity index (χ2n) is 4.47. The van der Waals surface area contributed by atoms with Gasteiger partial charge in [-0.25, -0.2) is 4.98 Å². The average molecular weight is 290 g/mol. The van der Waals surface area contributed by atoms with Crippen LogP contribution < -0.4 is 5.56 Å². The van der Waals surface area contributed by atoms with E-state index in [1.54, 1.807) is 24.3 Å². The Labute approximate surface area is 117 Å². The van der Waals surface area contributed by atoms with Crippen LogP contribution in [0, 0.1) is 0 Å². The number of fused-ring (bicyclic) bond motifs is 1. The highest BCUT2D eigenvalue weighted by atomic mass is 19.4. The van der Waals surface area contributed by atoms with Gasteiger partial charge < -0.3 is 0 Å². The zero-order valence-electron chi connectivity index (χ0n) is 10.6. The normalized spacial score (nSPS) is 11.8. The van der Waals surface area contributed by atoms with Crippen molar-refractivity contribution in [3.63, 3.8) is 0 Å². The molecule has 0 amide bonds. The molecule has 0 saturated carbocycles. The Hall–Kier alpha value is -2.63. The van der Waals surface area contributed by atoms with Crippen molar-refractivity contribution in [3.05, 3.63) is 70.6 Å². The van der Waals surface area contributed by atoms with Crippen LogP contribution in [0.1, 0.15) is 5.56 Å². The monoisotopic (exact) mass is 290 g/mol. The quantitative estimate of drug-likeness (QED) is 0.688. The molecular formula is C15H9F3N2O. The predicted molar refractivity (Wildman–Crippen MR) is 72.3 cm³/mol. The number of alkyl halides is 3. The topological polar surface area (TPSA) is 34.9 Å². The van der Waals surface area contributed by atoms with Crippen molar-refractivity contribution < 1.29 is 13.2 Å². The van der Waals surface area contributed by atoms with Gasteiger partial charge in [0.15, 0.2) is 0 Å². The van der Waals surface area contributed by atoms with Crippen LogP contribution in [0.4, 0.5) is 13.2 Å². The molecule has 0 atom stereocenters. The highest BCUT2D eigenvalue weighted by molar-refractivity contribution is 5.76. The van der Waals surface area contributed by atoms with Crippen molar-refractivity contribution in [2.45, 2.75) is 6.18 Å². The van der Waals surface area contributed by atoms with E-state index in [1.807, 2.05) is 0 Å². The highest BCUT2D eigenvalue weighted by Crippen LogP contribution is 2.29. The van der Waals surface area contributed by atoms with Crippen molar-refractivity contribution in [2.75, 3.05) is 0 Å². The summed E-state index contributed by atoms with van der Waals surface area (Å²) in [5.41, 5.74) is 0.361. The van der Waals surface area contributed by atoms with Crippen LogP contribution in [-0.2, 0) is 6.18 Å². The van der Waals surface area contributed by atoms with Gasteiger partial charge in [-0.05, 0) is 36.4 Å². The first kappa shape index (κ1) is 13.4. The van der Waals surface area contributed by atoms with E-state index in [2.05, 4.69) is 4.98 Å². The predicted octanol–water partition coefficient (Wildman–Crippen LogP) is 3.40. The Kier molecular flexibility index (Phi) is 3.01. The van der Waals surface area contributed by atoms with Crippen LogP contribution in [-0.4, -0.2) is 9.55 Å². The number of nitrogens with zero attached hydrogens (tertiary/aromatic N) is 2. The lowest BCUT2D eigenvalue weighted by Crippen LogP contribution is -2.18. The van der Waals surface area contributed by atoms with Crippen LogP contribution in [0.15, 0.2) is 59.5 Å². The Morgan fingerprint density at radius 2 is 1.62 bits per heavy atom. The van der Waals surface area contributed by atoms with E-state index in [-0.39, 0.29) is 0 Å². The second-order valence-corrected chi connectivity index (χ2v) is 4.47. The van der Waals surface area contributed by atoms with Crippen molar-refractivity contribution in [2.24, 2.45) is 0 Å². The smallest absolute Gasteiger partial charge is 0.274 e. The number of para-hydroxylation sites is 2. The summed E-state index contributed by atoms with van der Waals surface area (Å²) in [5.74, 6) is 0. The first-order valence-electron chi connectivity index (χ1n) is 6.11. The summed E-state index contributed by atoms with van der Waals surface area (Å²) in [6.45, 7) is 0. The van der Waals surface area contributed by atoms with Crippen LogP contribution in [0.25, 0.3) is 16.7 Å². The summed E-state index contributed by atoms with van der Waals surface area (Å²) in [5, 5.41) is 0. The van der Waals surface area contributed by atoms with Gasteiger partial charge in [0.25, 0.3) is 5.56 Å². The van der Waals surface area contributed by atoms with Gasteiger partial charge in [0.05, 0.1) is 22.8 Å². The van der Waals surface area contributed by atoms with Crippen LogP contribution >= 0.6 is 0 Å². The molecule has 3 aromatic rings. The van der Waals surface area contributed by atoms with Gasteiger partial charge in [0.2, 0.25) is 0 Å². The molecule has 0 aliphatic carbocycles. The SMILES string of the molecule is O=c1cnc2ccccc2n1-c1ccc(C(F)(F)F)cc1. The molecule has 106 valence electrons. The third-order valence-corrected chi connectivity index (χ3v) is 3.11. The lowest BCUT2D eigenvalue weighted by Gasteiger charge is -2.11. The Bertz CT molecular complexity index is 851. The molecule has 3 nitrogen and oxygen atoms in total. The number of hydrogen-bond donors (Lipinski definition) is 0. The lowest BCUT2D eigenvalue weighted by molar-refractivity contribution is -0.137. The minimum Gasteiger partial charge on any atom is -0.274 e. The minimum absolute atomic E-state index is 0.367. The summed E-state index contributed by atoms with van der Waals surface area (Å²) in [7, 11) is 0. The maximum absolute atomic E-state index is 12.6. The van der Waals surface area contributed by atoms with E-state index in [1.165, 1.54) is 16.7 Å². The number of hydrogen-bond acceptors (Lipinski definition) is 2. The standard InChI is InChI=1S/C15H9F3N2O/c16-15(17,18)10-5-7-11(8-6-10)20-13-4-2-1-3-12(13)19-9-14(20)21/h1-9H. The van der Waals surface area contributed by atoms with E-state index >= 15 is 0 Å². The number of aromatic nitrogens is 2. The number of benzene rings is 2. The molecule has 0 unspecified atom stereocenters. The van der Waals surface area contributed by atoms with E-state index in [0.717, 1.165) is 18.3 Å². The molecule has 0 bridgehead atoms. The fraction of sp³-hybridized carbons (Fsp3) is 0.0667. The first-order valence-corrected chi connectivity index (χ1v) is 6.11. The summed E-state index contributed by atoms with van der Waals surface area (Å²) >= 11 is 0. The zero-order valence-corrected chi connectivity index (χ0v) is 10.6. The van der Waals surface area contributed by atoms with E-state index < -0.39 is 17.3 Å². The highest BCUT2D eigenvalue weighted by Gasteiger charge is 2.30. The largest absolute Gasteiger partial charge is 0.416 e. The second kappa shape index (κ2) is 4.73. The number of rotatable bonds is 1. The molecule has 1 heterocycles. The average Bonchev–Trinajstić information content (AvgIpc) is 2.46. The number of halogens is 3. The molecule has 0 spiro atoms. The van der Waals surface area contributed by atoms with Gasteiger partial charge in [0.1, 0.15) is 0 Å². The van der Waals surface area contributed by atoms with Crippen LogP contribution in [0.3, 0.4) is 0 Å². The Morgan fingerprint density at radius 3 is 2.29 bits per heavy atom. The van der Waals surface area contributed by atoms with Gasteiger partial charge in [0, 0.05) is 5.69 Å². The molecule has 1 aromatic heterocycles. The van der Waals surface area contributed by atoms with E-state index in [4.69, 9.17) is 0 Å². The molecule has 6 heteroatoms. The summed E-state index contributed by atoms with van der Waals surface area (Å²) in [6.07, 6.45) is -3.25. The summed E-state index contributed by atoms with van der Waals surface area (Å²) < 4.78 is 39.1. The lowest BCUT2D eigenvalue weighted by atomic mass is 10.2. The first-order chi connectivity index (χ1) is 9.97. The summed E-state index contributed by atoms with van der Waals surface area (Å²) in [4.78, 5) is 16.0.